The molecule has 0 saturated heterocycles. The maximum atomic E-state index is 11.7. The van der Waals surface area contributed by atoms with Gasteiger partial charge < -0.3 is 14.6 Å². The Bertz CT molecular complexity index is 681. The molecular weight excluding hydrogens is 308 g/mol. The van der Waals surface area contributed by atoms with Crippen LogP contribution in [-0.4, -0.2) is 29.8 Å². The third kappa shape index (κ3) is 5.12. The van der Waals surface area contributed by atoms with E-state index in [1.807, 2.05) is 30.3 Å². The van der Waals surface area contributed by atoms with Gasteiger partial charge in [-0.3, -0.25) is 0 Å². The molecule has 2 aromatic carbocycles. The van der Waals surface area contributed by atoms with Gasteiger partial charge in [-0.2, -0.15) is 0 Å². The molecule has 5 heteroatoms. The Hall–Kier alpha value is -2.82. The molecule has 2 aromatic rings. The van der Waals surface area contributed by atoms with Crippen molar-refractivity contribution in [1.29, 1.82) is 0 Å². The van der Waals surface area contributed by atoms with Crippen molar-refractivity contribution in [3.8, 4) is 5.75 Å². The molecule has 0 amide bonds. The first-order valence-electron chi connectivity index (χ1n) is 7.80. The lowest BCUT2D eigenvalue weighted by atomic mass is 10.1. The van der Waals surface area contributed by atoms with Crippen LogP contribution in [0.3, 0.4) is 0 Å². The Morgan fingerprint density at radius 1 is 1.08 bits per heavy atom. The van der Waals surface area contributed by atoms with Crippen LogP contribution in [0, 0.1) is 0 Å². The predicted molar refractivity (Wildman–Crippen MR) is 89.2 cm³/mol. The first-order valence-corrected chi connectivity index (χ1v) is 7.80. The van der Waals surface area contributed by atoms with Crippen LogP contribution in [0.25, 0.3) is 0 Å². The Labute approximate surface area is 140 Å². The summed E-state index contributed by atoms with van der Waals surface area (Å²) in [4.78, 5) is 23.2. The Balaban J connectivity index is 2.03. The van der Waals surface area contributed by atoms with E-state index in [0.29, 0.717) is 24.2 Å². The van der Waals surface area contributed by atoms with Gasteiger partial charge in [-0.25, -0.2) is 9.59 Å². The van der Waals surface area contributed by atoms with Crippen LogP contribution >= 0.6 is 0 Å². The highest BCUT2D eigenvalue weighted by molar-refractivity contribution is 5.89. The fourth-order valence-corrected chi connectivity index (χ4v) is 2.25. The van der Waals surface area contributed by atoms with E-state index < -0.39 is 18.0 Å². The zero-order valence-electron chi connectivity index (χ0n) is 13.5. The van der Waals surface area contributed by atoms with E-state index in [0.717, 1.165) is 5.56 Å². The summed E-state index contributed by atoms with van der Waals surface area (Å²) in [6.07, 6.45) is -0.0547. The number of esters is 1. The number of carbonyl (C=O) groups excluding carboxylic acids is 1. The zero-order chi connectivity index (χ0) is 17.4. The quantitative estimate of drug-likeness (QED) is 0.753. The third-order valence-electron chi connectivity index (χ3n) is 3.44. The van der Waals surface area contributed by atoms with Crippen molar-refractivity contribution in [3.05, 3.63) is 65.7 Å². The van der Waals surface area contributed by atoms with Crippen LogP contribution in [-0.2, 0) is 16.0 Å². The Morgan fingerprint density at radius 3 is 2.50 bits per heavy atom. The van der Waals surface area contributed by atoms with E-state index in [2.05, 4.69) is 0 Å². The van der Waals surface area contributed by atoms with Crippen LogP contribution in [0.1, 0.15) is 29.3 Å². The molecule has 0 saturated carbocycles. The lowest BCUT2D eigenvalue weighted by molar-refractivity contribution is -0.145. The number of hydrogen-bond donors (Lipinski definition) is 1. The van der Waals surface area contributed by atoms with E-state index in [-0.39, 0.29) is 6.61 Å². The zero-order valence-corrected chi connectivity index (χ0v) is 13.5. The van der Waals surface area contributed by atoms with Crippen molar-refractivity contribution in [2.75, 3.05) is 6.61 Å². The molecule has 24 heavy (non-hydrogen) atoms. The summed E-state index contributed by atoms with van der Waals surface area (Å²) < 4.78 is 10.5. The predicted octanol–water partition coefficient (Wildman–Crippen LogP) is 3.33. The Kier molecular flexibility index (Phi) is 6.37. The van der Waals surface area contributed by atoms with Crippen molar-refractivity contribution in [2.24, 2.45) is 0 Å². The summed E-state index contributed by atoms with van der Waals surface area (Å²) in [5.41, 5.74) is 1.38. The van der Waals surface area contributed by atoms with E-state index in [1.165, 1.54) is 6.07 Å². The van der Waals surface area contributed by atoms with Gasteiger partial charge in [0.2, 0.25) is 0 Å². The summed E-state index contributed by atoms with van der Waals surface area (Å²) in [6.45, 7) is 2.00. The highest BCUT2D eigenvalue weighted by Crippen LogP contribution is 2.18. The minimum Gasteiger partial charge on any atom is -0.479 e. The van der Waals surface area contributed by atoms with Crippen LogP contribution in [0.15, 0.2) is 54.6 Å². The van der Waals surface area contributed by atoms with Crippen molar-refractivity contribution < 1.29 is 24.2 Å². The molecule has 0 heterocycles. The second kappa shape index (κ2) is 8.72. The monoisotopic (exact) mass is 328 g/mol. The van der Waals surface area contributed by atoms with Crippen LogP contribution in [0.4, 0.5) is 0 Å². The number of carboxylic acid groups (broad SMARTS) is 1. The summed E-state index contributed by atoms with van der Waals surface area (Å²) in [6, 6.07) is 16.0. The molecule has 5 nitrogen and oxygen atoms in total. The SMILES string of the molecule is CCOC(=O)c1cccc(OC(CCc2ccccc2)C(=O)O)c1. The van der Waals surface area contributed by atoms with Gasteiger partial charge in [0.15, 0.2) is 6.10 Å². The maximum Gasteiger partial charge on any atom is 0.344 e. The fourth-order valence-electron chi connectivity index (χ4n) is 2.25. The molecule has 0 aliphatic rings. The average Bonchev–Trinajstić information content (AvgIpc) is 2.59. The maximum absolute atomic E-state index is 11.7. The second-order valence-electron chi connectivity index (χ2n) is 5.22. The molecule has 126 valence electrons. The topological polar surface area (TPSA) is 72.8 Å². The molecule has 0 bridgehead atoms. The molecule has 0 spiro atoms. The number of carboxylic acids is 1. The van der Waals surface area contributed by atoms with E-state index in [9.17, 15) is 14.7 Å². The number of ether oxygens (including phenoxy) is 2. The first kappa shape index (κ1) is 17.5. The van der Waals surface area contributed by atoms with Gasteiger partial charge in [0, 0.05) is 0 Å². The molecule has 0 fully saturated rings. The van der Waals surface area contributed by atoms with Gasteiger partial charge in [-0.05, 0) is 43.5 Å². The van der Waals surface area contributed by atoms with Crippen LogP contribution < -0.4 is 4.74 Å². The third-order valence-corrected chi connectivity index (χ3v) is 3.44. The number of aryl methyl sites for hydroxylation is 1. The Morgan fingerprint density at radius 2 is 1.83 bits per heavy atom. The molecule has 1 atom stereocenters. The molecule has 0 aromatic heterocycles. The highest BCUT2D eigenvalue weighted by Gasteiger charge is 2.20. The summed E-state index contributed by atoms with van der Waals surface area (Å²) in [5, 5.41) is 9.36. The van der Waals surface area contributed by atoms with Gasteiger partial charge in [-0.15, -0.1) is 0 Å². The molecular formula is C19H20O5. The smallest absolute Gasteiger partial charge is 0.344 e. The molecule has 2 rings (SSSR count). The molecule has 1 unspecified atom stereocenters. The minimum absolute atomic E-state index is 0.277. The molecule has 0 aliphatic carbocycles. The number of hydrogen-bond acceptors (Lipinski definition) is 4. The number of rotatable bonds is 8. The number of aliphatic carboxylic acids is 1. The van der Waals surface area contributed by atoms with Crippen LogP contribution in [0.2, 0.25) is 0 Å². The van der Waals surface area contributed by atoms with E-state index in [4.69, 9.17) is 9.47 Å². The molecule has 1 N–H and O–H groups in total. The summed E-state index contributed by atoms with van der Waals surface area (Å²) >= 11 is 0. The van der Waals surface area contributed by atoms with Crippen molar-refractivity contribution in [1.82, 2.24) is 0 Å². The standard InChI is InChI=1S/C19H20O5/c1-2-23-19(22)15-9-6-10-16(13-15)24-17(18(20)21)12-11-14-7-4-3-5-8-14/h3-10,13,17H,2,11-12H2,1H3,(H,20,21). The van der Waals surface area contributed by atoms with Crippen LogP contribution in [0.5, 0.6) is 5.75 Å². The van der Waals surface area contributed by atoms with Gasteiger partial charge in [0.1, 0.15) is 5.75 Å². The van der Waals surface area contributed by atoms with Gasteiger partial charge in [0.05, 0.1) is 12.2 Å². The number of carbonyl (C=O) groups is 2. The number of benzene rings is 2. The van der Waals surface area contributed by atoms with Crippen molar-refractivity contribution >= 4 is 11.9 Å². The molecule has 0 aliphatic heterocycles. The lowest BCUT2D eigenvalue weighted by Crippen LogP contribution is -2.27. The molecule has 0 radical (unpaired) electrons. The van der Waals surface area contributed by atoms with Gasteiger partial charge in [-0.1, -0.05) is 36.4 Å². The second-order valence-corrected chi connectivity index (χ2v) is 5.22. The largest absolute Gasteiger partial charge is 0.479 e. The van der Waals surface area contributed by atoms with E-state index in [1.54, 1.807) is 25.1 Å². The van der Waals surface area contributed by atoms with E-state index >= 15 is 0 Å². The highest BCUT2D eigenvalue weighted by atomic mass is 16.5. The van der Waals surface area contributed by atoms with Crippen molar-refractivity contribution in [3.63, 3.8) is 0 Å². The first-order chi connectivity index (χ1) is 11.6. The van der Waals surface area contributed by atoms with Crippen molar-refractivity contribution in [2.45, 2.75) is 25.9 Å². The average molecular weight is 328 g/mol. The normalized spacial score (nSPS) is 11.5. The lowest BCUT2D eigenvalue weighted by Gasteiger charge is -2.15. The minimum atomic E-state index is -1.03. The summed E-state index contributed by atoms with van der Waals surface area (Å²) in [5.74, 6) is -1.16. The fraction of sp³-hybridized carbons (Fsp3) is 0.263. The van der Waals surface area contributed by atoms with Gasteiger partial charge in [0.25, 0.3) is 0 Å². The van der Waals surface area contributed by atoms with Gasteiger partial charge >= 0.3 is 11.9 Å². The summed E-state index contributed by atoms with van der Waals surface area (Å²) in [7, 11) is 0.